The molecule has 0 saturated heterocycles. The minimum atomic E-state index is -1.81. The van der Waals surface area contributed by atoms with E-state index in [-0.39, 0.29) is 12.1 Å². The molecule has 7 heteroatoms. The lowest BCUT2D eigenvalue weighted by atomic mass is 10.0. The van der Waals surface area contributed by atoms with E-state index in [1.165, 1.54) is 5.30 Å². The van der Waals surface area contributed by atoms with Crippen LogP contribution in [0.1, 0.15) is 18.6 Å². The molecule has 0 saturated carbocycles. The number of hydrogen-bond donors (Lipinski definition) is 0. The fourth-order valence-corrected chi connectivity index (χ4v) is 8.32. The maximum Gasteiger partial charge on any atom is 0.463 e. The molecule has 42 heavy (non-hydrogen) atoms. The van der Waals surface area contributed by atoms with Gasteiger partial charge in [-0.3, -0.25) is 9.19 Å². The summed E-state index contributed by atoms with van der Waals surface area (Å²) in [4.78, 5) is 0. The third-order valence-electron chi connectivity index (χ3n) is 6.83. The van der Waals surface area contributed by atoms with E-state index < -0.39 is 16.7 Å². The molecule has 0 bridgehead atoms. The molecule has 0 aliphatic carbocycles. The Balaban J connectivity index is 1.52. The summed E-state index contributed by atoms with van der Waals surface area (Å²) in [7, 11) is 1.11. The second-order valence-electron chi connectivity index (χ2n) is 9.60. The zero-order valence-electron chi connectivity index (χ0n) is 24.0. The van der Waals surface area contributed by atoms with E-state index in [2.05, 4.69) is 67.2 Å². The molecule has 0 amide bonds. The topological polar surface area (TPSA) is 40.2 Å². The summed E-state index contributed by atoms with van der Waals surface area (Å²) in [6, 6.07) is 48.4. The maximum absolute atomic E-state index is 6.86. The molecule has 5 aromatic carbocycles. The van der Waals surface area contributed by atoms with Gasteiger partial charge in [-0.1, -0.05) is 109 Å². The van der Waals surface area contributed by atoms with Gasteiger partial charge in [0, 0.05) is 19.4 Å². The van der Waals surface area contributed by atoms with Gasteiger partial charge in [0.15, 0.2) is 0 Å². The van der Waals surface area contributed by atoms with Gasteiger partial charge in [0.05, 0.1) is 7.11 Å². The first-order chi connectivity index (χ1) is 20.6. The van der Waals surface area contributed by atoms with Crippen molar-refractivity contribution in [2.75, 3.05) is 14.2 Å². The van der Waals surface area contributed by atoms with E-state index in [0.29, 0.717) is 11.5 Å². The van der Waals surface area contributed by atoms with E-state index in [0.717, 1.165) is 16.6 Å². The average Bonchev–Trinajstić information content (AvgIpc) is 3.05. The zero-order valence-corrected chi connectivity index (χ0v) is 25.8. The summed E-state index contributed by atoms with van der Waals surface area (Å²) in [5.74, 6) is 2.24. The van der Waals surface area contributed by atoms with Crippen LogP contribution in [0.15, 0.2) is 146 Å². The van der Waals surface area contributed by atoms with Crippen LogP contribution in [-0.4, -0.2) is 24.9 Å². The van der Waals surface area contributed by atoms with Crippen LogP contribution in [0.4, 0.5) is 0 Å². The number of benzene rings is 5. The Hall–Kier alpha value is -3.72. The van der Waals surface area contributed by atoms with Gasteiger partial charge in [-0.2, -0.15) is 0 Å². The summed E-state index contributed by atoms with van der Waals surface area (Å²) in [5, 5.41) is 2.37. The van der Waals surface area contributed by atoms with E-state index >= 15 is 0 Å². The fraction of sp³-hybridized carbons (Fsp3) is 0.143. The first-order valence-corrected chi connectivity index (χ1v) is 16.2. The van der Waals surface area contributed by atoms with Gasteiger partial charge in [0.1, 0.15) is 23.4 Å². The Bertz CT molecular complexity index is 1450. The molecule has 0 radical (unpaired) electrons. The summed E-state index contributed by atoms with van der Waals surface area (Å²) < 4.78 is 27.8. The molecule has 5 rings (SSSR count). The fourth-order valence-electron chi connectivity index (χ4n) is 4.60. The number of rotatable bonds is 13. The highest BCUT2D eigenvalue weighted by Crippen LogP contribution is 2.50. The molecule has 214 valence electrons. The zero-order chi connectivity index (χ0) is 29.1. The number of likely N-dealkylation sites (N-methyl/N-ethyl adjacent to an activating group) is 1. The molecule has 5 aromatic rings. The second-order valence-corrected chi connectivity index (χ2v) is 12.9. The van der Waals surface area contributed by atoms with Crippen LogP contribution in [-0.2, 0) is 4.52 Å². The van der Waals surface area contributed by atoms with Gasteiger partial charge in [0.2, 0.25) is 0 Å². The van der Waals surface area contributed by atoms with Crippen LogP contribution < -0.4 is 24.4 Å². The van der Waals surface area contributed by atoms with Crippen LogP contribution in [0.25, 0.3) is 0 Å². The van der Waals surface area contributed by atoms with Crippen molar-refractivity contribution in [3.63, 3.8) is 0 Å². The van der Waals surface area contributed by atoms with Crippen LogP contribution in [0.3, 0.4) is 0 Å². The van der Waals surface area contributed by atoms with E-state index in [1.54, 1.807) is 7.11 Å². The normalized spacial score (nSPS) is 13.4. The SMILES string of the molecule is COc1ccccc1[P@](c1ccccc1)N(C)[C@H](C)[C@@H](OP(Oc1ccccc1)Oc1ccccc1)c1ccccc1. The molecule has 0 aliphatic rings. The maximum atomic E-state index is 6.86. The third kappa shape index (κ3) is 7.56. The highest BCUT2D eigenvalue weighted by molar-refractivity contribution is 7.71. The minimum absolute atomic E-state index is 0.0765. The Kier molecular flexibility index (Phi) is 10.6. The quantitative estimate of drug-likeness (QED) is 0.128. The molecular weight excluding hydrogens is 560 g/mol. The monoisotopic (exact) mass is 595 g/mol. The van der Waals surface area contributed by atoms with Gasteiger partial charge in [0.25, 0.3) is 0 Å². The van der Waals surface area contributed by atoms with Crippen molar-refractivity contribution in [1.29, 1.82) is 0 Å². The smallest absolute Gasteiger partial charge is 0.463 e. The van der Waals surface area contributed by atoms with Crippen LogP contribution in [0.2, 0.25) is 0 Å². The molecule has 0 unspecified atom stereocenters. The van der Waals surface area contributed by atoms with E-state index in [4.69, 9.17) is 18.3 Å². The number of methoxy groups -OCH3 is 1. The van der Waals surface area contributed by atoms with Crippen molar-refractivity contribution < 1.29 is 18.3 Å². The minimum Gasteiger partial charge on any atom is -0.496 e. The highest BCUT2D eigenvalue weighted by Gasteiger charge is 2.35. The number of ether oxygens (including phenoxy) is 1. The van der Waals surface area contributed by atoms with Crippen molar-refractivity contribution in [1.82, 2.24) is 4.67 Å². The summed E-state index contributed by atoms with van der Waals surface area (Å²) >= 11 is 0. The summed E-state index contributed by atoms with van der Waals surface area (Å²) in [6.45, 7) is 2.20. The molecule has 0 fully saturated rings. The standard InChI is InChI=1S/C35H35NO4P2/c1-28(36(2)41(32-24-14-7-15-25-32)34-27-17-16-26-33(34)37-3)35(29-18-8-4-9-19-29)40-42(38-30-20-10-5-11-21-30)39-31-22-12-6-13-23-31/h4-28,35H,1-3H3/t28-,35-,41+/m1/s1. The van der Waals surface area contributed by atoms with Crippen LogP contribution in [0, 0.1) is 0 Å². The molecule has 0 aromatic heterocycles. The van der Waals surface area contributed by atoms with E-state index in [1.807, 2.05) is 97.1 Å². The first-order valence-electron chi connectivity index (χ1n) is 13.8. The van der Waals surface area contributed by atoms with Crippen molar-refractivity contribution in [2.45, 2.75) is 19.1 Å². The Morgan fingerprint density at radius 3 is 1.62 bits per heavy atom. The predicted molar refractivity (Wildman–Crippen MR) is 174 cm³/mol. The van der Waals surface area contributed by atoms with Crippen molar-refractivity contribution >= 4 is 27.3 Å². The summed E-state index contributed by atoms with van der Waals surface area (Å²) in [5.41, 5.74) is 1.04. The predicted octanol–water partition coefficient (Wildman–Crippen LogP) is 8.51. The molecule has 0 N–H and O–H groups in total. The molecule has 0 heterocycles. The van der Waals surface area contributed by atoms with Gasteiger partial charge in [-0.05, 0) is 61.2 Å². The second kappa shape index (κ2) is 15.0. The van der Waals surface area contributed by atoms with Crippen molar-refractivity contribution in [3.05, 3.63) is 151 Å². The third-order valence-corrected chi connectivity index (χ3v) is 10.6. The Morgan fingerprint density at radius 2 is 1.07 bits per heavy atom. The van der Waals surface area contributed by atoms with Gasteiger partial charge in [-0.25, -0.2) is 0 Å². The summed E-state index contributed by atoms with van der Waals surface area (Å²) in [6.07, 6.45) is -0.363. The highest BCUT2D eigenvalue weighted by atomic mass is 31.2. The van der Waals surface area contributed by atoms with Crippen LogP contribution in [0.5, 0.6) is 17.2 Å². The Labute approximate surface area is 251 Å². The molecular formula is C35H35NO4P2. The first kappa shape index (κ1) is 29.8. The molecule has 3 atom stereocenters. The Morgan fingerprint density at radius 1 is 0.595 bits per heavy atom. The molecule has 0 aliphatic heterocycles. The lowest BCUT2D eigenvalue weighted by molar-refractivity contribution is 0.121. The van der Waals surface area contributed by atoms with Crippen molar-refractivity contribution in [3.8, 4) is 17.2 Å². The number of para-hydroxylation sites is 3. The van der Waals surface area contributed by atoms with Gasteiger partial charge >= 0.3 is 8.60 Å². The average molecular weight is 596 g/mol. The lowest BCUT2D eigenvalue weighted by Gasteiger charge is -2.38. The lowest BCUT2D eigenvalue weighted by Crippen LogP contribution is -2.37. The van der Waals surface area contributed by atoms with Gasteiger partial charge < -0.3 is 13.8 Å². The van der Waals surface area contributed by atoms with E-state index in [9.17, 15) is 0 Å². The van der Waals surface area contributed by atoms with Crippen LogP contribution >= 0.6 is 16.7 Å². The van der Waals surface area contributed by atoms with Crippen molar-refractivity contribution in [2.24, 2.45) is 0 Å². The number of nitrogens with zero attached hydrogens (tertiary/aromatic N) is 1. The van der Waals surface area contributed by atoms with Gasteiger partial charge in [-0.15, -0.1) is 0 Å². The molecule has 0 spiro atoms. The largest absolute Gasteiger partial charge is 0.496 e. The number of hydrogen-bond acceptors (Lipinski definition) is 5. The molecule has 5 nitrogen and oxygen atoms in total.